The fraction of sp³-hybridized carbons (Fsp3) is 0.368. The number of quaternary nitrogens is 1. The lowest BCUT2D eigenvalue weighted by molar-refractivity contribution is -0.890. The van der Waals surface area contributed by atoms with Crippen LogP contribution in [0.5, 0.6) is 0 Å². The normalized spacial score (nSPS) is 11.3. The smallest absolute Gasteiger partial charge is 0.333 e. The van der Waals surface area contributed by atoms with Crippen LogP contribution in [0.3, 0.4) is 0 Å². The second-order valence-corrected chi connectivity index (χ2v) is 6.21. The highest BCUT2D eigenvalue weighted by molar-refractivity contribution is 5.87. The van der Waals surface area contributed by atoms with E-state index in [1.54, 1.807) is 13.0 Å². The lowest BCUT2D eigenvalue weighted by Crippen LogP contribution is -2.45. The van der Waals surface area contributed by atoms with Crippen molar-refractivity contribution >= 4 is 18.0 Å². The summed E-state index contributed by atoms with van der Waals surface area (Å²) in [6, 6.07) is 9.56. The first-order chi connectivity index (χ1) is 11.3. The number of benzene rings is 1. The van der Waals surface area contributed by atoms with Crippen molar-refractivity contribution in [2.24, 2.45) is 0 Å². The number of hydrogen-bond donors (Lipinski definition) is 0. The van der Waals surface area contributed by atoms with E-state index in [1.807, 2.05) is 44.4 Å². The largest absolute Gasteiger partial charge is 0.457 e. The lowest BCUT2D eigenvalue weighted by atomic mass is 10.2. The minimum absolute atomic E-state index is 0.305. The van der Waals surface area contributed by atoms with Crippen LogP contribution in [0.1, 0.15) is 12.5 Å². The summed E-state index contributed by atoms with van der Waals surface area (Å²) in [4.78, 5) is 23.0. The lowest BCUT2D eigenvalue weighted by Gasteiger charge is -2.29. The van der Waals surface area contributed by atoms with Gasteiger partial charge in [-0.3, -0.25) is 0 Å². The molecule has 5 heteroatoms. The van der Waals surface area contributed by atoms with Crippen LogP contribution in [0.15, 0.2) is 48.6 Å². The van der Waals surface area contributed by atoms with Gasteiger partial charge in [0.25, 0.3) is 0 Å². The molecule has 0 aliphatic heterocycles. The molecule has 0 aliphatic rings. The van der Waals surface area contributed by atoms with Crippen LogP contribution in [-0.4, -0.2) is 56.8 Å². The van der Waals surface area contributed by atoms with E-state index in [0.29, 0.717) is 36.4 Å². The topological polar surface area (TPSA) is 52.6 Å². The van der Waals surface area contributed by atoms with Crippen molar-refractivity contribution in [3.05, 3.63) is 54.1 Å². The summed E-state index contributed by atoms with van der Waals surface area (Å²) in [7, 11) is 3.98. The van der Waals surface area contributed by atoms with E-state index >= 15 is 0 Å². The Morgan fingerprint density at radius 3 is 2.25 bits per heavy atom. The van der Waals surface area contributed by atoms with Gasteiger partial charge in [0.05, 0.1) is 14.1 Å². The van der Waals surface area contributed by atoms with E-state index in [-0.39, 0.29) is 11.9 Å². The van der Waals surface area contributed by atoms with Crippen LogP contribution in [-0.2, 0) is 19.1 Å². The summed E-state index contributed by atoms with van der Waals surface area (Å²) in [6.45, 7) is 7.03. The van der Waals surface area contributed by atoms with E-state index < -0.39 is 0 Å². The first-order valence-electron chi connectivity index (χ1n) is 7.85. The Bertz CT molecular complexity index is 591. The van der Waals surface area contributed by atoms with Crippen molar-refractivity contribution in [2.45, 2.75) is 6.92 Å². The van der Waals surface area contributed by atoms with Crippen molar-refractivity contribution in [1.29, 1.82) is 0 Å². The molecule has 0 atom stereocenters. The number of likely N-dealkylation sites (N-methyl/N-ethyl adjacent to an activating group) is 1. The van der Waals surface area contributed by atoms with Gasteiger partial charge in [0, 0.05) is 11.6 Å². The third kappa shape index (κ3) is 8.29. The molecular weight excluding hydrogens is 306 g/mol. The maximum absolute atomic E-state index is 11.7. The maximum atomic E-state index is 11.7. The highest BCUT2D eigenvalue weighted by Crippen LogP contribution is 2.02. The Balaban J connectivity index is 2.27. The van der Waals surface area contributed by atoms with Crippen molar-refractivity contribution < 1.29 is 23.5 Å². The molecule has 0 radical (unpaired) electrons. The first kappa shape index (κ1) is 19.6. The zero-order chi connectivity index (χ0) is 18.0. The van der Waals surface area contributed by atoms with Gasteiger partial charge in [-0.1, -0.05) is 36.9 Å². The standard InChI is InChI=1S/C19H26NO4/c1-16(2)19(22)24-15-13-20(3,4)12-14-23-18(21)11-10-17-8-6-5-7-9-17/h5-11H,1,12-15H2,2-4H3/q+1/b11-10+. The van der Waals surface area contributed by atoms with Gasteiger partial charge in [-0.15, -0.1) is 0 Å². The van der Waals surface area contributed by atoms with Gasteiger partial charge >= 0.3 is 11.9 Å². The Hall–Kier alpha value is -2.40. The monoisotopic (exact) mass is 332 g/mol. The fourth-order valence-electron chi connectivity index (χ4n) is 1.79. The molecule has 1 aromatic carbocycles. The van der Waals surface area contributed by atoms with E-state index in [1.165, 1.54) is 6.08 Å². The van der Waals surface area contributed by atoms with Gasteiger partial charge in [0.15, 0.2) is 0 Å². The average molecular weight is 332 g/mol. The molecule has 0 amide bonds. The first-order valence-corrected chi connectivity index (χ1v) is 7.85. The van der Waals surface area contributed by atoms with Crippen LogP contribution in [0.25, 0.3) is 6.08 Å². The highest BCUT2D eigenvalue weighted by atomic mass is 16.5. The molecule has 0 heterocycles. The molecule has 1 rings (SSSR count). The molecule has 1 aromatic rings. The number of carbonyl (C=O) groups is 2. The average Bonchev–Trinajstić information content (AvgIpc) is 2.53. The van der Waals surface area contributed by atoms with Crippen molar-refractivity contribution in [3.8, 4) is 0 Å². The van der Waals surface area contributed by atoms with Gasteiger partial charge in [-0.2, -0.15) is 0 Å². The fourth-order valence-corrected chi connectivity index (χ4v) is 1.79. The van der Waals surface area contributed by atoms with Gasteiger partial charge in [0.1, 0.15) is 26.3 Å². The summed E-state index contributed by atoms with van der Waals surface area (Å²) in [5.41, 5.74) is 1.34. The van der Waals surface area contributed by atoms with E-state index in [4.69, 9.17) is 9.47 Å². The molecule has 0 fully saturated rings. The molecule has 0 aromatic heterocycles. The Kier molecular flexibility index (Phi) is 7.92. The van der Waals surface area contributed by atoms with Crippen molar-refractivity contribution in [1.82, 2.24) is 0 Å². The van der Waals surface area contributed by atoms with Crippen LogP contribution >= 0.6 is 0 Å². The predicted octanol–water partition coefficient (Wildman–Crippen LogP) is 2.44. The van der Waals surface area contributed by atoms with Crippen molar-refractivity contribution in [2.75, 3.05) is 40.4 Å². The Morgan fingerprint density at radius 1 is 1.08 bits per heavy atom. The molecule has 0 bridgehead atoms. The van der Waals surface area contributed by atoms with Crippen LogP contribution in [0, 0.1) is 0 Å². The number of nitrogens with zero attached hydrogens (tertiary/aromatic N) is 1. The van der Waals surface area contributed by atoms with Crippen LogP contribution < -0.4 is 0 Å². The molecule has 0 N–H and O–H groups in total. The number of carbonyl (C=O) groups excluding carboxylic acids is 2. The van der Waals surface area contributed by atoms with Crippen LogP contribution in [0.2, 0.25) is 0 Å². The molecule has 0 saturated carbocycles. The van der Waals surface area contributed by atoms with E-state index in [0.717, 1.165) is 5.56 Å². The molecule has 0 saturated heterocycles. The number of ether oxygens (including phenoxy) is 2. The Morgan fingerprint density at radius 2 is 1.67 bits per heavy atom. The summed E-state index contributed by atoms with van der Waals surface area (Å²) >= 11 is 0. The van der Waals surface area contributed by atoms with E-state index in [9.17, 15) is 9.59 Å². The Labute approximate surface area is 143 Å². The second-order valence-electron chi connectivity index (χ2n) is 6.21. The molecule has 0 spiro atoms. The van der Waals surface area contributed by atoms with Gasteiger partial charge in [0.2, 0.25) is 0 Å². The summed E-state index contributed by atoms with van der Waals surface area (Å²) in [5.74, 6) is -0.750. The SMILES string of the molecule is C=C(C)C(=O)OCC[N+](C)(C)CCOC(=O)/C=C/c1ccccc1. The minimum Gasteiger partial charge on any atom is -0.457 e. The van der Waals surface area contributed by atoms with Gasteiger partial charge < -0.3 is 14.0 Å². The third-order valence-electron chi connectivity index (χ3n) is 3.43. The van der Waals surface area contributed by atoms with Crippen LogP contribution in [0.4, 0.5) is 0 Å². The molecule has 0 aliphatic carbocycles. The molecule has 5 nitrogen and oxygen atoms in total. The maximum Gasteiger partial charge on any atom is 0.333 e. The third-order valence-corrected chi connectivity index (χ3v) is 3.43. The zero-order valence-electron chi connectivity index (χ0n) is 14.7. The minimum atomic E-state index is -0.382. The summed E-state index contributed by atoms with van der Waals surface area (Å²) < 4.78 is 10.9. The highest BCUT2D eigenvalue weighted by Gasteiger charge is 2.16. The van der Waals surface area contributed by atoms with Crippen molar-refractivity contribution in [3.63, 3.8) is 0 Å². The summed E-state index contributed by atoms with van der Waals surface area (Å²) in [5, 5.41) is 0. The second kappa shape index (κ2) is 9.67. The zero-order valence-corrected chi connectivity index (χ0v) is 14.7. The number of hydrogen-bond acceptors (Lipinski definition) is 4. The summed E-state index contributed by atoms with van der Waals surface area (Å²) in [6.07, 6.45) is 3.14. The molecule has 24 heavy (non-hydrogen) atoms. The molecular formula is C19H26NO4+. The van der Waals surface area contributed by atoms with Gasteiger partial charge in [-0.05, 0) is 18.6 Å². The number of esters is 2. The predicted molar refractivity (Wildman–Crippen MR) is 94.1 cm³/mol. The molecule has 0 unspecified atom stereocenters. The van der Waals surface area contributed by atoms with E-state index in [2.05, 4.69) is 6.58 Å². The number of rotatable bonds is 9. The quantitative estimate of drug-likeness (QED) is 0.396. The molecule has 130 valence electrons. The van der Waals surface area contributed by atoms with Gasteiger partial charge in [-0.25, -0.2) is 9.59 Å².